The van der Waals surface area contributed by atoms with Crippen LogP contribution < -0.4 is 5.73 Å². The minimum atomic E-state index is 0.269. The first-order chi connectivity index (χ1) is 6.56. The Hall–Kier alpha value is -0.730. The molecule has 0 spiro atoms. The fraction of sp³-hybridized carbons (Fsp3) is 0.455. The lowest BCUT2D eigenvalue weighted by Gasteiger charge is -2.12. The van der Waals surface area contributed by atoms with Gasteiger partial charge in [0.1, 0.15) is 5.75 Å². The second kappa shape index (κ2) is 4.67. The predicted octanol–water partition coefficient (Wildman–Crippen LogP) is 2.67. The average molecular weight is 214 g/mol. The average Bonchev–Trinajstić information content (AvgIpc) is 2.10. The van der Waals surface area contributed by atoms with Gasteiger partial charge in [-0.2, -0.15) is 0 Å². The van der Waals surface area contributed by atoms with Crippen molar-refractivity contribution in [2.24, 2.45) is 5.73 Å². The quantitative estimate of drug-likeness (QED) is 0.811. The second-order valence-electron chi connectivity index (χ2n) is 3.70. The first kappa shape index (κ1) is 11.3. The van der Waals surface area contributed by atoms with Gasteiger partial charge in [0.2, 0.25) is 0 Å². The molecule has 0 aliphatic heterocycles. The number of phenolic OH excluding ortho intramolecular Hbond substituents is 1. The Balaban J connectivity index is 3.18. The lowest BCUT2D eigenvalue weighted by atomic mass is 9.98. The van der Waals surface area contributed by atoms with E-state index >= 15 is 0 Å². The van der Waals surface area contributed by atoms with Crippen LogP contribution in [0.3, 0.4) is 0 Å². The minimum Gasteiger partial charge on any atom is -0.507 e. The monoisotopic (exact) mass is 213 g/mol. The van der Waals surface area contributed by atoms with Crippen LogP contribution >= 0.6 is 11.6 Å². The SMILES string of the molecule is CC(C)c1cc(Cl)cc(CCN)c1O. The molecule has 0 aliphatic carbocycles. The van der Waals surface area contributed by atoms with Gasteiger partial charge in [0, 0.05) is 5.02 Å². The van der Waals surface area contributed by atoms with Crippen LogP contribution in [0.1, 0.15) is 30.9 Å². The van der Waals surface area contributed by atoms with Crippen LogP contribution in [-0.2, 0) is 6.42 Å². The Labute approximate surface area is 89.7 Å². The third-order valence-corrected chi connectivity index (χ3v) is 2.44. The molecule has 0 fully saturated rings. The number of rotatable bonds is 3. The van der Waals surface area contributed by atoms with Gasteiger partial charge >= 0.3 is 0 Å². The smallest absolute Gasteiger partial charge is 0.122 e. The van der Waals surface area contributed by atoms with Gasteiger partial charge in [-0.05, 0) is 42.1 Å². The Kier molecular flexibility index (Phi) is 3.78. The Morgan fingerprint density at radius 3 is 2.57 bits per heavy atom. The standard InChI is InChI=1S/C11H16ClNO/c1-7(2)10-6-9(12)5-8(3-4-13)11(10)14/h5-7,14H,3-4,13H2,1-2H3. The molecule has 1 aromatic carbocycles. The molecule has 0 aromatic heterocycles. The molecule has 14 heavy (non-hydrogen) atoms. The highest BCUT2D eigenvalue weighted by Crippen LogP contribution is 2.32. The van der Waals surface area contributed by atoms with Crippen molar-refractivity contribution in [1.82, 2.24) is 0 Å². The van der Waals surface area contributed by atoms with E-state index in [0.29, 0.717) is 23.7 Å². The van der Waals surface area contributed by atoms with Crippen LogP contribution in [0, 0.1) is 0 Å². The van der Waals surface area contributed by atoms with Crippen molar-refractivity contribution in [3.05, 3.63) is 28.3 Å². The maximum atomic E-state index is 9.90. The van der Waals surface area contributed by atoms with Crippen molar-refractivity contribution in [1.29, 1.82) is 0 Å². The number of nitrogens with two attached hydrogens (primary N) is 1. The molecule has 0 saturated carbocycles. The molecule has 0 bridgehead atoms. The number of hydrogen-bond donors (Lipinski definition) is 2. The summed E-state index contributed by atoms with van der Waals surface area (Å²) in [7, 11) is 0. The third kappa shape index (κ3) is 2.40. The summed E-state index contributed by atoms with van der Waals surface area (Å²) in [5.74, 6) is 0.611. The summed E-state index contributed by atoms with van der Waals surface area (Å²) in [6, 6.07) is 3.58. The van der Waals surface area contributed by atoms with Gasteiger partial charge in [-0.25, -0.2) is 0 Å². The first-order valence-corrected chi connectivity index (χ1v) is 5.15. The summed E-state index contributed by atoms with van der Waals surface area (Å²) >= 11 is 5.95. The van der Waals surface area contributed by atoms with Gasteiger partial charge < -0.3 is 10.8 Å². The van der Waals surface area contributed by atoms with Crippen molar-refractivity contribution >= 4 is 11.6 Å². The molecule has 0 unspecified atom stereocenters. The zero-order valence-corrected chi connectivity index (χ0v) is 9.30. The van der Waals surface area contributed by atoms with Gasteiger partial charge in [-0.1, -0.05) is 25.4 Å². The first-order valence-electron chi connectivity index (χ1n) is 4.77. The molecule has 0 saturated heterocycles. The molecule has 2 nitrogen and oxygen atoms in total. The number of halogens is 1. The van der Waals surface area contributed by atoms with E-state index in [1.807, 2.05) is 19.9 Å². The van der Waals surface area contributed by atoms with Crippen LogP contribution in [0.5, 0.6) is 5.75 Å². The molecule has 0 radical (unpaired) electrons. The van der Waals surface area contributed by atoms with Gasteiger partial charge in [-0.3, -0.25) is 0 Å². The van der Waals surface area contributed by atoms with E-state index in [1.165, 1.54) is 0 Å². The maximum Gasteiger partial charge on any atom is 0.122 e. The van der Waals surface area contributed by atoms with E-state index in [-0.39, 0.29) is 5.92 Å². The van der Waals surface area contributed by atoms with Crippen LogP contribution in [0.15, 0.2) is 12.1 Å². The van der Waals surface area contributed by atoms with Crippen LogP contribution in [0.2, 0.25) is 5.02 Å². The van der Waals surface area contributed by atoms with Crippen LogP contribution in [-0.4, -0.2) is 11.7 Å². The number of hydrogen-bond acceptors (Lipinski definition) is 2. The molecule has 3 heteroatoms. The molecule has 0 heterocycles. The molecular formula is C11H16ClNO. The predicted molar refractivity (Wildman–Crippen MR) is 60.0 cm³/mol. The van der Waals surface area contributed by atoms with E-state index in [1.54, 1.807) is 6.07 Å². The van der Waals surface area contributed by atoms with Crippen LogP contribution in [0.25, 0.3) is 0 Å². The van der Waals surface area contributed by atoms with Gasteiger partial charge in [0.25, 0.3) is 0 Å². The van der Waals surface area contributed by atoms with Gasteiger partial charge in [0.15, 0.2) is 0 Å². The summed E-state index contributed by atoms with van der Waals surface area (Å²) in [5, 5.41) is 10.6. The highest BCUT2D eigenvalue weighted by atomic mass is 35.5. The topological polar surface area (TPSA) is 46.2 Å². The highest BCUT2D eigenvalue weighted by molar-refractivity contribution is 6.30. The van der Waals surface area contributed by atoms with Crippen molar-refractivity contribution in [3.63, 3.8) is 0 Å². The molecule has 0 atom stereocenters. The zero-order valence-electron chi connectivity index (χ0n) is 8.55. The summed E-state index contributed by atoms with van der Waals surface area (Å²) in [5.41, 5.74) is 7.18. The van der Waals surface area contributed by atoms with E-state index in [0.717, 1.165) is 11.1 Å². The second-order valence-corrected chi connectivity index (χ2v) is 4.13. The van der Waals surface area contributed by atoms with Crippen molar-refractivity contribution in [3.8, 4) is 5.75 Å². The lowest BCUT2D eigenvalue weighted by molar-refractivity contribution is 0.458. The summed E-state index contributed by atoms with van der Waals surface area (Å²) < 4.78 is 0. The van der Waals surface area contributed by atoms with Gasteiger partial charge in [0.05, 0.1) is 0 Å². The largest absolute Gasteiger partial charge is 0.507 e. The number of aromatic hydroxyl groups is 1. The van der Waals surface area contributed by atoms with Crippen molar-refractivity contribution in [2.75, 3.05) is 6.54 Å². The van der Waals surface area contributed by atoms with E-state index in [4.69, 9.17) is 17.3 Å². The summed E-state index contributed by atoms with van der Waals surface area (Å²) in [4.78, 5) is 0. The fourth-order valence-electron chi connectivity index (χ4n) is 1.46. The normalized spacial score (nSPS) is 10.9. The van der Waals surface area contributed by atoms with Gasteiger partial charge in [-0.15, -0.1) is 0 Å². The third-order valence-electron chi connectivity index (χ3n) is 2.22. The Morgan fingerprint density at radius 1 is 1.43 bits per heavy atom. The summed E-state index contributed by atoms with van der Waals surface area (Å²) in [6.07, 6.45) is 0.659. The molecule has 1 rings (SSSR count). The minimum absolute atomic E-state index is 0.269. The van der Waals surface area contributed by atoms with E-state index in [2.05, 4.69) is 0 Å². The maximum absolute atomic E-state index is 9.90. The molecule has 3 N–H and O–H groups in total. The van der Waals surface area contributed by atoms with E-state index < -0.39 is 0 Å². The Morgan fingerprint density at radius 2 is 2.07 bits per heavy atom. The van der Waals surface area contributed by atoms with Crippen molar-refractivity contribution in [2.45, 2.75) is 26.2 Å². The zero-order chi connectivity index (χ0) is 10.7. The fourth-order valence-corrected chi connectivity index (χ4v) is 1.71. The van der Waals surface area contributed by atoms with Crippen molar-refractivity contribution < 1.29 is 5.11 Å². The number of phenols is 1. The molecule has 0 aliphatic rings. The highest BCUT2D eigenvalue weighted by Gasteiger charge is 2.11. The molecule has 1 aromatic rings. The summed E-state index contributed by atoms with van der Waals surface area (Å²) in [6.45, 7) is 4.57. The van der Waals surface area contributed by atoms with Crippen LogP contribution in [0.4, 0.5) is 0 Å². The van der Waals surface area contributed by atoms with E-state index in [9.17, 15) is 5.11 Å². The lowest BCUT2D eigenvalue weighted by Crippen LogP contribution is -2.04. The number of benzene rings is 1. The molecule has 0 amide bonds. The Bertz CT molecular complexity index is 323. The molecular weight excluding hydrogens is 198 g/mol. The molecule has 78 valence electrons.